The van der Waals surface area contributed by atoms with Crippen LogP contribution in [0.3, 0.4) is 0 Å². The Labute approximate surface area is 119 Å². The first-order valence-corrected chi connectivity index (χ1v) is 7.71. The first-order valence-electron chi connectivity index (χ1n) is 7.71. The number of carboxylic acids is 1. The Morgan fingerprint density at radius 2 is 1.90 bits per heavy atom. The van der Waals surface area contributed by atoms with Crippen LogP contribution in [0.2, 0.25) is 0 Å². The van der Waals surface area contributed by atoms with Crippen molar-refractivity contribution in [1.82, 2.24) is 5.32 Å². The molecule has 3 atom stereocenters. The van der Waals surface area contributed by atoms with Crippen LogP contribution in [0.25, 0.3) is 0 Å². The Hall–Kier alpha value is -1.10. The van der Waals surface area contributed by atoms with Crippen molar-refractivity contribution in [2.75, 3.05) is 0 Å². The molecule has 3 fully saturated rings. The van der Waals surface area contributed by atoms with E-state index in [2.05, 4.69) is 12.2 Å². The third kappa shape index (κ3) is 2.32. The van der Waals surface area contributed by atoms with E-state index < -0.39 is 11.5 Å². The lowest BCUT2D eigenvalue weighted by molar-refractivity contribution is -0.150. The molecule has 0 spiro atoms. The maximum Gasteiger partial charge on any atom is 0.329 e. The number of carbonyl (C=O) groups is 2. The van der Waals surface area contributed by atoms with Crippen LogP contribution in [0.4, 0.5) is 0 Å². The average molecular weight is 281 g/mol. The van der Waals surface area contributed by atoms with Crippen LogP contribution in [-0.4, -0.2) is 34.7 Å². The molecule has 112 valence electrons. The molecule has 2 heterocycles. The fourth-order valence-electron chi connectivity index (χ4n) is 3.89. The van der Waals surface area contributed by atoms with Gasteiger partial charge in [0.15, 0.2) is 0 Å². The van der Waals surface area contributed by atoms with Gasteiger partial charge in [-0.15, -0.1) is 0 Å². The average Bonchev–Trinajstić information content (AvgIpc) is 3.03. The summed E-state index contributed by atoms with van der Waals surface area (Å²) in [6.45, 7) is 2.14. The fraction of sp³-hybridized carbons (Fsp3) is 0.867. The number of carbonyl (C=O) groups excluding carboxylic acids is 1. The number of aliphatic carboxylic acids is 1. The predicted molar refractivity (Wildman–Crippen MR) is 72.1 cm³/mol. The Morgan fingerprint density at radius 1 is 1.20 bits per heavy atom. The van der Waals surface area contributed by atoms with E-state index in [1.165, 1.54) is 0 Å². The number of carboxylic acid groups (broad SMARTS) is 1. The van der Waals surface area contributed by atoms with Crippen molar-refractivity contribution in [2.45, 2.75) is 69.6 Å². The monoisotopic (exact) mass is 281 g/mol. The maximum absolute atomic E-state index is 12.4. The van der Waals surface area contributed by atoms with Gasteiger partial charge in [0.2, 0.25) is 5.91 Å². The SMILES string of the molecule is CC1CCC(NC(=O)C2CC3CCC2O3)(C(=O)O)CC1. The summed E-state index contributed by atoms with van der Waals surface area (Å²) in [6.07, 6.45) is 5.74. The van der Waals surface area contributed by atoms with E-state index in [1.54, 1.807) is 0 Å². The number of fused-ring (bicyclic) bond motifs is 2. The molecule has 5 heteroatoms. The van der Waals surface area contributed by atoms with Crippen molar-refractivity contribution in [3.8, 4) is 0 Å². The highest BCUT2D eigenvalue weighted by Gasteiger charge is 2.48. The van der Waals surface area contributed by atoms with Gasteiger partial charge in [0.05, 0.1) is 18.1 Å². The second kappa shape index (κ2) is 5.02. The molecule has 1 amide bonds. The molecule has 20 heavy (non-hydrogen) atoms. The highest BCUT2D eigenvalue weighted by molar-refractivity contribution is 5.88. The van der Waals surface area contributed by atoms with Gasteiger partial charge in [0.1, 0.15) is 5.54 Å². The molecule has 3 rings (SSSR count). The van der Waals surface area contributed by atoms with Gasteiger partial charge in [-0.3, -0.25) is 4.79 Å². The van der Waals surface area contributed by atoms with Gasteiger partial charge >= 0.3 is 5.97 Å². The maximum atomic E-state index is 12.4. The lowest BCUT2D eigenvalue weighted by Gasteiger charge is -2.37. The van der Waals surface area contributed by atoms with Crippen LogP contribution in [0.5, 0.6) is 0 Å². The summed E-state index contributed by atoms with van der Waals surface area (Å²) in [4.78, 5) is 24.1. The predicted octanol–water partition coefficient (Wildman–Crippen LogP) is 1.70. The zero-order valence-corrected chi connectivity index (χ0v) is 11.9. The van der Waals surface area contributed by atoms with Crippen LogP contribution in [-0.2, 0) is 14.3 Å². The summed E-state index contributed by atoms with van der Waals surface area (Å²) in [5.74, 6) is -0.606. The lowest BCUT2D eigenvalue weighted by atomic mass is 9.76. The molecule has 0 aromatic carbocycles. The van der Waals surface area contributed by atoms with Gasteiger partial charge in [0.25, 0.3) is 0 Å². The molecule has 0 aromatic heterocycles. The number of ether oxygens (including phenoxy) is 1. The topological polar surface area (TPSA) is 75.6 Å². The van der Waals surface area contributed by atoms with E-state index in [-0.39, 0.29) is 24.0 Å². The van der Waals surface area contributed by atoms with Gasteiger partial charge in [-0.1, -0.05) is 6.92 Å². The number of rotatable bonds is 3. The molecule has 5 nitrogen and oxygen atoms in total. The van der Waals surface area contributed by atoms with E-state index in [0.29, 0.717) is 18.8 Å². The third-order valence-corrected chi connectivity index (χ3v) is 5.34. The Morgan fingerprint density at radius 3 is 2.40 bits per heavy atom. The third-order valence-electron chi connectivity index (χ3n) is 5.34. The van der Waals surface area contributed by atoms with Crippen molar-refractivity contribution >= 4 is 11.9 Å². The van der Waals surface area contributed by atoms with E-state index in [9.17, 15) is 14.7 Å². The molecule has 3 aliphatic rings. The lowest BCUT2D eigenvalue weighted by Crippen LogP contribution is -2.58. The van der Waals surface area contributed by atoms with E-state index in [1.807, 2.05) is 0 Å². The smallest absolute Gasteiger partial charge is 0.329 e. The van der Waals surface area contributed by atoms with Crippen LogP contribution in [0.1, 0.15) is 51.9 Å². The number of hydrogen-bond donors (Lipinski definition) is 2. The number of nitrogens with one attached hydrogen (secondary N) is 1. The molecule has 2 saturated heterocycles. The summed E-state index contributed by atoms with van der Waals surface area (Å²) < 4.78 is 5.70. The second-order valence-corrected chi connectivity index (χ2v) is 6.78. The zero-order valence-electron chi connectivity index (χ0n) is 11.9. The van der Waals surface area contributed by atoms with Gasteiger partial charge in [0, 0.05) is 0 Å². The highest BCUT2D eigenvalue weighted by Crippen LogP contribution is 2.40. The minimum absolute atomic E-state index is 0.00774. The quantitative estimate of drug-likeness (QED) is 0.825. The van der Waals surface area contributed by atoms with Crippen molar-refractivity contribution in [2.24, 2.45) is 11.8 Å². The molecule has 0 aromatic rings. The normalized spacial score (nSPS) is 43.5. The molecule has 2 N–H and O–H groups in total. The largest absolute Gasteiger partial charge is 0.480 e. The van der Waals surface area contributed by atoms with E-state index >= 15 is 0 Å². The fourth-order valence-corrected chi connectivity index (χ4v) is 3.89. The van der Waals surface area contributed by atoms with Gasteiger partial charge in [-0.2, -0.15) is 0 Å². The summed E-state index contributed by atoms with van der Waals surface area (Å²) in [5.41, 5.74) is -1.05. The first kappa shape index (κ1) is 13.9. The molecule has 2 bridgehead atoms. The van der Waals surface area contributed by atoms with Crippen LogP contribution >= 0.6 is 0 Å². The summed E-state index contributed by atoms with van der Waals surface area (Å²) in [7, 11) is 0. The van der Waals surface area contributed by atoms with Crippen LogP contribution < -0.4 is 5.32 Å². The van der Waals surface area contributed by atoms with E-state index in [0.717, 1.165) is 32.1 Å². The van der Waals surface area contributed by atoms with Gasteiger partial charge in [-0.25, -0.2) is 4.79 Å². The first-order chi connectivity index (χ1) is 9.50. The molecular formula is C15H23NO4. The highest BCUT2D eigenvalue weighted by atomic mass is 16.5. The molecule has 2 aliphatic heterocycles. The van der Waals surface area contributed by atoms with Crippen molar-refractivity contribution in [3.05, 3.63) is 0 Å². The standard InChI is InChI=1S/C15H23NO4/c1-9-4-6-15(7-5-9,14(18)19)16-13(17)11-8-10-2-3-12(11)20-10/h9-12H,2-8H2,1H3,(H,16,17)(H,18,19). The van der Waals surface area contributed by atoms with Crippen LogP contribution in [0.15, 0.2) is 0 Å². The molecule has 3 unspecified atom stereocenters. The van der Waals surface area contributed by atoms with Gasteiger partial charge in [-0.05, 0) is 50.9 Å². The minimum atomic E-state index is -1.05. The second-order valence-electron chi connectivity index (χ2n) is 6.78. The van der Waals surface area contributed by atoms with Crippen molar-refractivity contribution in [3.63, 3.8) is 0 Å². The summed E-state index contributed by atoms with van der Waals surface area (Å²) in [5, 5.41) is 12.4. The number of hydrogen-bond acceptors (Lipinski definition) is 3. The summed E-state index contributed by atoms with van der Waals surface area (Å²) >= 11 is 0. The number of amides is 1. The molecule has 1 aliphatic carbocycles. The van der Waals surface area contributed by atoms with Crippen LogP contribution in [0, 0.1) is 11.8 Å². The molecule has 0 radical (unpaired) electrons. The van der Waals surface area contributed by atoms with E-state index in [4.69, 9.17) is 4.74 Å². The molecular weight excluding hydrogens is 258 g/mol. The summed E-state index contributed by atoms with van der Waals surface area (Å²) in [6, 6.07) is 0. The molecule has 1 saturated carbocycles. The van der Waals surface area contributed by atoms with Crippen molar-refractivity contribution in [1.29, 1.82) is 0 Å². The Kier molecular flexibility index (Phi) is 3.48. The zero-order chi connectivity index (χ0) is 14.3. The Bertz CT molecular complexity index is 414. The van der Waals surface area contributed by atoms with Crippen molar-refractivity contribution < 1.29 is 19.4 Å². The van der Waals surface area contributed by atoms with Gasteiger partial charge < -0.3 is 15.2 Å². The Balaban J connectivity index is 1.67. The minimum Gasteiger partial charge on any atom is -0.480 e.